The maximum atomic E-state index is 12.2. The quantitative estimate of drug-likeness (QED) is 0.781. The van der Waals surface area contributed by atoms with E-state index in [1.807, 2.05) is 31.2 Å². The Balaban J connectivity index is 1.57. The van der Waals surface area contributed by atoms with E-state index in [1.54, 1.807) is 24.5 Å². The van der Waals surface area contributed by atoms with Crippen molar-refractivity contribution in [3.05, 3.63) is 59.9 Å². The molecule has 1 fully saturated rings. The van der Waals surface area contributed by atoms with Crippen LogP contribution in [0.5, 0.6) is 0 Å². The maximum absolute atomic E-state index is 12.2. The van der Waals surface area contributed by atoms with Crippen molar-refractivity contribution in [3.63, 3.8) is 0 Å². The van der Waals surface area contributed by atoms with Gasteiger partial charge in [0.05, 0.1) is 12.1 Å². The minimum atomic E-state index is -0.177. The molecule has 1 aromatic heterocycles. The molecule has 2 aromatic rings. The lowest BCUT2D eigenvalue weighted by Crippen LogP contribution is -2.41. The number of nitrogens with one attached hydrogen (secondary N) is 3. The van der Waals surface area contributed by atoms with Gasteiger partial charge in [0, 0.05) is 23.6 Å². The number of carbonyl (C=O) groups is 2. The van der Waals surface area contributed by atoms with Crippen molar-refractivity contribution in [1.29, 1.82) is 0 Å². The first-order valence-corrected chi connectivity index (χ1v) is 8.48. The summed E-state index contributed by atoms with van der Waals surface area (Å²) < 4.78 is 0. The van der Waals surface area contributed by atoms with E-state index in [4.69, 9.17) is 0 Å². The normalized spacial score (nSPS) is 17.7. The summed E-state index contributed by atoms with van der Waals surface area (Å²) in [5, 5.41) is 9.07. The van der Waals surface area contributed by atoms with Gasteiger partial charge in [0.2, 0.25) is 5.91 Å². The maximum Gasteiger partial charge on any atom is 0.255 e. The van der Waals surface area contributed by atoms with Gasteiger partial charge >= 0.3 is 0 Å². The Morgan fingerprint density at radius 1 is 1.16 bits per heavy atom. The molecule has 6 nitrogen and oxygen atoms in total. The molecule has 0 bridgehead atoms. The molecular formula is C19H22N4O2. The summed E-state index contributed by atoms with van der Waals surface area (Å²) >= 11 is 0. The lowest BCUT2D eigenvalue weighted by atomic mass is 10.1. The second-order valence-electron chi connectivity index (χ2n) is 6.19. The highest BCUT2D eigenvalue weighted by atomic mass is 16.2. The van der Waals surface area contributed by atoms with Crippen molar-refractivity contribution in [2.24, 2.45) is 0 Å². The van der Waals surface area contributed by atoms with Gasteiger partial charge in [-0.15, -0.1) is 0 Å². The molecule has 1 aromatic carbocycles. The highest BCUT2D eigenvalue weighted by Crippen LogP contribution is 2.17. The van der Waals surface area contributed by atoms with E-state index in [0.29, 0.717) is 11.3 Å². The smallest absolute Gasteiger partial charge is 0.255 e. The first kappa shape index (κ1) is 17.1. The van der Waals surface area contributed by atoms with Gasteiger partial charge in [0.1, 0.15) is 0 Å². The summed E-state index contributed by atoms with van der Waals surface area (Å²) in [6, 6.07) is 10.7. The first-order chi connectivity index (χ1) is 12.1. The van der Waals surface area contributed by atoms with E-state index in [1.165, 1.54) is 0 Å². The van der Waals surface area contributed by atoms with Crippen molar-refractivity contribution >= 4 is 17.5 Å². The number of rotatable bonds is 5. The Labute approximate surface area is 147 Å². The van der Waals surface area contributed by atoms with Gasteiger partial charge in [-0.3, -0.25) is 14.6 Å². The predicted molar refractivity (Wildman–Crippen MR) is 96.2 cm³/mol. The molecule has 2 amide bonds. The number of pyridine rings is 1. The highest BCUT2D eigenvalue weighted by Gasteiger charge is 2.23. The van der Waals surface area contributed by atoms with E-state index in [0.717, 1.165) is 24.9 Å². The Morgan fingerprint density at radius 2 is 1.88 bits per heavy atom. The largest absolute Gasteiger partial charge is 0.348 e. The molecule has 3 rings (SSSR count). The third kappa shape index (κ3) is 4.42. The van der Waals surface area contributed by atoms with Crippen molar-refractivity contribution in [2.45, 2.75) is 31.8 Å². The molecule has 1 aliphatic heterocycles. The van der Waals surface area contributed by atoms with Crippen molar-refractivity contribution < 1.29 is 9.59 Å². The topological polar surface area (TPSA) is 83.1 Å². The number of hydrogen-bond donors (Lipinski definition) is 3. The van der Waals surface area contributed by atoms with Crippen molar-refractivity contribution in [1.82, 2.24) is 15.6 Å². The van der Waals surface area contributed by atoms with Crippen LogP contribution in [0.15, 0.2) is 48.8 Å². The molecule has 0 radical (unpaired) electrons. The zero-order valence-corrected chi connectivity index (χ0v) is 14.2. The average Bonchev–Trinajstić information content (AvgIpc) is 3.18. The predicted octanol–water partition coefficient (Wildman–Crippen LogP) is 2.26. The first-order valence-electron chi connectivity index (χ1n) is 8.48. The van der Waals surface area contributed by atoms with E-state index < -0.39 is 0 Å². The number of nitrogens with zero attached hydrogens (tertiary/aromatic N) is 1. The zero-order valence-electron chi connectivity index (χ0n) is 14.2. The van der Waals surface area contributed by atoms with E-state index in [2.05, 4.69) is 20.9 Å². The summed E-state index contributed by atoms with van der Waals surface area (Å²) in [4.78, 5) is 28.2. The number of benzene rings is 1. The number of aromatic nitrogens is 1. The molecule has 0 saturated carbocycles. The van der Waals surface area contributed by atoms with Crippen LogP contribution in [0, 0.1) is 0 Å². The van der Waals surface area contributed by atoms with E-state index in [9.17, 15) is 9.59 Å². The van der Waals surface area contributed by atoms with Crippen LogP contribution in [0.25, 0.3) is 0 Å². The molecule has 0 spiro atoms. The fraction of sp³-hybridized carbons (Fsp3) is 0.316. The van der Waals surface area contributed by atoms with Crippen LogP contribution in [0.2, 0.25) is 0 Å². The van der Waals surface area contributed by atoms with Crippen LogP contribution in [0.3, 0.4) is 0 Å². The third-order valence-electron chi connectivity index (χ3n) is 4.35. The molecular weight excluding hydrogens is 316 g/mol. The van der Waals surface area contributed by atoms with Gasteiger partial charge < -0.3 is 16.0 Å². The summed E-state index contributed by atoms with van der Waals surface area (Å²) in [5.74, 6) is -0.135. The van der Waals surface area contributed by atoms with Crippen LogP contribution in [-0.4, -0.2) is 29.4 Å². The Kier molecular flexibility index (Phi) is 5.40. The van der Waals surface area contributed by atoms with Crippen LogP contribution in [0.1, 0.15) is 41.7 Å². The molecule has 3 N–H and O–H groups in total. The number of amides is 2. The zero-order chi connectivity index (χ0) is 17.6. The van der Waals surface area contributed by atoms with Crippen LogP contribution in [-0.2, 0) is 4.79 Å². The minimum Gasteiger partial charge on any atom is -0.348 e. The van der Waals surface area contributed by atoms with E-state index >= 15 is 0 Å². The molecule has 6 heteroatoms. The monoisotopic (exact) mass is 338 g/mol. The van der Waals surface area contributed by atoms with E-state index in [-0.39, 0.29) is 23.9 Å². The standard InChI is InChI=1S/C19H22N4O2/c1-13(22-19(25)17-3-2-10-21-17)14-4-6-16(7-5-14)23-18(24)15-8-11-20-12-9-15/h4-9,11-13,17,21H,2-3,10H2,1H3,(H,22,25)(H,23,24). The van der Waals surface area contributed by atoms with Crippen molar-refractivity contribution in [2.75, 3.05) is 11.9 Å². The summed E-state index contributed by atoms with van der Waals surface area (Å²) in [7, 11) is 0. The summed E-state index contributed by atoms with van der Waals surface area (Å²) in [6.45, 7) is 2.86. The van der Waals surface area contributed by atoms with Gasteiger partial charge in [0.15, 0.2) is 0 Å². The second kappa shape index (κ2) is 7.90. The van der Waals surface area contributed by atoms with Gasteiger partial charge in [-0.1, -0.05) is 12.1 Å². The number of hydrogen-bond acceptors (Lipinski definition) is 4. The Hall–Kier alpha value is -2.73. The highest BCUT2D eigenvalue weighted by molar-refractivity contribution is 6.04. The van der Waals surface area contributed by atoms with Crippen LogP contribution in [0.4, 0.5) is 5.69 Å². The number of carbonyl (C=O) groups excluding carboxylic acids is 2. The minimum absolute atomic E-state index is 0.0417. The molecule has 0 aliphatic carbocycles. The van der Waals surface area contributed by atoms with Crippen molar-refractivity contribution in [3.8, 4) is 0 Å². The fourth-order valence-corrected chi connectivity index (χ4v) is 2.87. The number of anilines is 1. The molecule has 2 unspecified atom stereocenters. The molecule has 2 atom stereocenters. The molecule has 130 valence electrons. The summed E-state index contributed by atoms with van der Waals surface area (Å²) in [5.41, 5.74) is 2.26. The lowest BCUT2D eigenvalue weighted by Gasteiger charge is -2.18. The second-order valence-corrected chi connectivity index (χ2v) is 6.19. The van der Waals surface area contributed by atoms with Crippen LogP contribution >= 0.6 is 0 Å². The third-order valence-corrected chi connectivity index (χ3v) is 4.35. The van der Waals surface area contributed by atoms with Gasteiger partial charge in [-0.05, 0) is 56.1 Å². The SMILES string of the molecule is CC(NC(=O)C1CCCN1)c1ccc(NC(=O)c2ccncc2)cc1. The Bertz CT molecular complexity index is 725. The Morgan fingerprint density at radius 3 is 2.52 bits per heavy atom. The molecule has 1 saturated heterocycles. The van der Waals surface area contributed by atoms with Gasteiger partial charge in [-0.25, -0.2) is 0 Å². The lowest BCUT2D eigenvalue weighted by molar-refractivity contribution is -0.123. The fourth-order valence-electron chi connectivity index (χ4n) is 2.87. The summed E-state index contributed by atoms with van der Waals surface area (Å²) in [6.07, 6.45) is 5.10. The average molecular weight is 338 g/mol. The van der Waals surface area contributed by atoms with Crippen LogP contribution < -0.4 is 16.0 Å². The molecule has 2 heterocycles. The van der Waals surface area contributed by atoms with Gasteiger partial charge in [-0.2, -0.15) is 0 Å². The van der Waals surface area contributed by atoms with Gasteiger partial charge in [0.25, 0.3) is 5.91 Å². The molecule has 1 aliphatic rings. The molecule has 25 heavy (non-hydrogen) atoms.